The van der Waals surface area contributed by atoms with Gasteiger partial charge in [0, 0.05) is 57.9 Å². The smallest absolute Gasteiger partial charge is 0.164 e. The third kappa shape index (κ3) is 6.65. The first-order valence-electron chi connectivity index (χ1n) is 18.0. The van der Waals surface area contributed by atoms with Crippen molar-refractivity contribution in [3.05, 3.63) is 207 Å². The van der Waals surface area contributed by atoms with Gasteiger partial charge in [-0.1, -0.05) is 128 Å². The average molecular weight is 707 g/mol. The van der Waals surface area contributed by atoms with E-state index in [9.17, 15) is 0 Å². The minimum atomic E-state index is 0.484. The summed E-state index contributed by atoms with van der Waals surface area (Å²) in [4.78, 5) is 23.3. The molecule has 0 amide bonds. The highest BCUT2D eigenvalue weighted by molar-refractivity contribution is 6.10. The lowest BCUT2D eigenvalue weighted by atomic mass is 10.0. The molecule has 0 saturated heterocycles. The fourth-order valence-corrected chi connectivity index (χ4v) is 6.87. The Morgan fingerprint density at radius 2 is 1.00 bits per heavy atom. The van der Waals surface area contributed by atoms with Gasteiger partial charge in [0.15, 0.2) is 17.5 Å². The number of para-hydroxylation sites is 2. The van der Waals surface area contributed by atoms with Crippen LogP contribution < -0.4 is 0 Å². The number of fused-ring (bicyclic) bond motifs is 3. The van der Waals surface area contributed by atoms with Gasteiger partial charge in [0.05, 0.1) is 11.0 Å². The monoisotopic (exact) mass is 706 g/mol. The van der Waals surface area contributed by atoms with Crippen molar-refractivity contribution in [1.82, 2.24) is 29.5 Å². The number of hydrogen-bond acceptors (Lipinski definition) is 5. The maximum absolute atomic E-state index is 4.95. The van der Waals surface area contributed by atoms with Gasteiger partial charge in [0.1, 0.15) is 0 Å². The van der Waals surface area contributed by atoms with Gasteiger partial charge in [-0.15, -0.1) is 0 Å². The summed E-state index contributed by atoms with van der Waals surface area (Å²) in [6, 6.07) is 49.8. The molecular weight excluding hydrogens is 673 g/mol. The lowest BCUT2D eigenvalue weighted by Crippen LogP contribution is -2.02. The molecule has 6 heteroatoms. The minimum Gasteiger partial charge on any atom is -0.309 e. The first kappa shape index (κ1) is 33.3. The third-order valence-corrected chi connectivity index (χ3v) is 9.74. The largest absolute Gasteiger partial charge is 0.309 e. The summed E-state index contributed by atoms with van der Waals surface area (Å²) in [6.07, 6.45) is 11.2. The number of pyridine rings is 2. The summed E-state index contributed by atoms with van der Waals surface area (Å²) in [5, 5.41) is 2.36. The quantitative estimate of drug-likeness (QED) is 0.140. The molecule has 55 heavy (non-hydrogen) atoms. The number of aromatic nitrogens is 6. The minimum absolute atomic E-state index is 0.484. The summed E-state index contributed by atoms with van der Waals surface area (Å²) < 4.78 is 2.31. The maximum Gasteiger partial charge on any atom is 0.164 e. The molecule has 9 aromatic rings. The third-order valence-electron chi connectivity index (χ3n) is 9.74. The Morgan fingerprint density at radius 1 is 0.455 bits per heavy atom. The van der Waals surface area contributed by atoms with Crippen LogP contribution in [0.2, 0.25) is 0 Å². The van der Waals surface area contributed by atoms with E-state index in [1.165, 1.54) is 10.8 Å². The summed E-state index contributed by atoms with van der Waals surface area (Å²) >= 11 is 0. The normalized spacial score (nSPS) is 11.3. The fraction of sp³-hybridized carbons (Fsp3) is 0. The van der Waals surface area contributed by atoms with Crippen LogP contribution in [0.4, 0.5) is 0 Å². The second-order valence-corrected chi connectivity index (χ2v) is 13.2. The van der Waals surface area contributed by atoms with E-state index in [2.05, 4.69) is 119 Å². The zero-order chi connectivity index (χ0) is 37.1. The zero-order valence-electron chi connectivity index (χ0n) is 29.9. The second-order valence-electron chi connectivity index (χ2n) is 13.2. The van der Waals surface area contributed by atoms with Crippen molar-refractivity contribution in [2.24, 2.45) is 0 Å². The van der Waals surface area contributed by atoms with E-state index in [4.69, 9.17) is 15.0 Å². The van der Waals surface area contributed by atoms with Crippen molar-refractivity contribution < 1.29 is 0 Å². The number of benzene rings is 5. The van der Waals surface area contributed by atoms with Crippen LogP contribution in [0, 0.1) is 0 Å². The average Bonchev–Trinajstić information content (AvgIpc) is 3.60. The molecule has 0 atom stereocenters. The van der Waals surface area contributed by atoms with Crippen LogP contribution in [0.25, 0.3) is 83.7 Å². The van der Waals surface area contributed by atoms with Crippen LogP contribution in [0.15, 0.2) is 196 Å². The number of allylic oxidation sites excluding steroid dienone is 4. The van der Waals surface area contributed by atoms with Gasteiger partial charge in [0.25, 0.3) is 0 Å². The van der Waals surface area contributed by atoms with E-state index >= 15 is 0 Å². The molecule has 4 aromatic heterocycles. The Kier molecular flexibility index (Phi) is 8.74. The van der Waals surface area contributed by atoms with Crippen molar-refractivity contribution in [2.45, 2.75) is 0 Å². The molecule has 0 aliphatic heterocycles. The molecule has 0 saturated carbocycles. The Hall–Kier alpha value is -7.57. The van der Waals surface area contributed by atoms with Crippen LogP contribution in [-0.2, 0) is 0 Å². The molecule has 9 rings (SSSR count). The number of nitrogens with zero attached hydrogens (tertiary/aromatic N) is 6. The Labute approximate surface area is 319 Å². The topological polar surface area (TPSA) is 69.4 Å². The van der Waals surface area contributed by atoms with Gasteiger partial charge in [-0.2, -0.15) is 0 Å². The van der Waals surface area contributed by atoms with Gasteiger partial charge < -0.3 is 4.57 Å². The molecule has 5 aromatic carbocycles. The molecule has 0 unspecified atom stereocenters. The molecule has 0 aliphatic carbocycles. The van der Waals surface area contributed by atoms with Gasteiger partial charge in [0.2, 0.25) is 0 Å². The first-order chi connectivity index (χ1) is 27.1. The molecule has 0 spiro atoms. The Bertz CT molecular complexity index is 2760. The van der Waals surface area contributed by atoms with Crippen LogP contribution in [-0.4, -0.2) is 29.5 Å². The number of rotatable bonds is 9. The lowest BCUT2D eigenvalue weighted by Gasteiger charge is -2.10. The van der Waals surface area contributed by atoms with E-state index in [1.807, 2.05) is 79.1 Å². The SMILES string of the molecule is C=C(/C=C\C(=C)c1nc(-c2ccc(-c3cccnc3)cc2)nc(-c2ccc(-c3cccnc3)cc2)n1)c1ccc2c(c1)c1ccccc1n2-c1ccccc1. The molecule has 0 radical (unpaired) electrons. The van der Waals surface area contributed by atoms with Crippen molar-refractivity contribution in [2.75, 3.05) is 0 Å². The fourth-order valence-electron chi connectivity index (χ4n) is 6.87. The highest BCUT2D eigenvalue weighted by atomic mass is 15.0. The standard InChI is InChI=1S/C49H34N6/c1-33(39-26-27-46-44(30-39)43-14-6-7-15-45(43)55(46)42-12-4-3-5-13-42)16-17-34(2)47-52-48(37-22-18-35(19-23-37)40-10-8-28-50-31-40)54-49(53-47)38-24-20-36(21-25-38)41-11-9-29-51-32-41/h3-32H,1-2H2/b17-16-. The van der Waals surface area contributed by atoms with Gasteiger partial charge in [-0.25, -0.2) is 15.0 Å². The lowest BCUT2D eigenvalue weighted by molar-refractivity contribution is 1.04. The van der Waals surface area contributed by atoms with Crippen molar-refractivity contribution in [3.8, 4) is 50.7 Å². The molecule has 4 heterocycles. The zero-order valence-corrected chi connectivity index (χ0v) is 29.9. The summed E-state index contributed by atoms with van der Waals surface area (Å²) in [7, 11) is 0. The van der Waals surface area contributed by atoms with Crippen molar-refractivity contribution in [3.63, 3.8) is 0 Å². The summed E-state index contributed by atoms with van der Waals surface area (Å²) in [5.41, 5.74) is 11.9. The first-order valence-corrected chi connectivity index (χ1v) is 18.0. The van der Waals surface area contributed by atoms with E-state index in [0.717, 1.165) is 61.2 Å². The van der Waals surface area contributed by atoms with Crippen LogP contribution in [0.3, 0.4) is 0 Å². The molecule has 0 aliphatic rings. The van der Waals surface area contributed by atoms with E-state index in [1.54, 1.807) is 12.4 Å². The second kappa shape index (κ2) is 14.5. The van der Waals surface area contributed by atoms with Gasteiger partial charge in [-0.05, 0) is 75.9 Å². The Morgan fingerprint density at radius 3 is 1.60 bits per heavy atom. The molecular formula is C49H34N6. The predicted molar refractivity (Wildman–Crippen MR) is 225 cm³/mol. The highest BCUT2D eigenvalue weighted by Crippen LogP contribution is 2.34. The molecule has 0 bridgehead atoms. The van der Waals surface area contributed by atoms with Crippen LogP contribution in [0.1, 0.15) is 11.4 Å². The summed E-state index contributed by atoms with van der Waals surface area (Å²) in [5.74, 6) is 1.60. The van der Waals surface area contributed by atoms with E-state index in [0.29, 0.717) is 23.0 Å². The maximum atomic E-state index is 4.95. The van der Waals surface area contributed by atoms with E-state index in [-0.39, 0.29) is 0 Å². The summed E-state index contributed by atoms with van der Waals surface area (Å²) in [6.45, 7) is 8.84. The Balaban J connectivity index is 1.05. The molecule has 260 valence electrons. The van der Waals surface area contributed by atoms with Crippen LogP contribution in [0.5, 0.6) is 0 Å². The van der Waals surface area contributed by atoms with Gasteiger partial charge in [-0.3, -0.25) is 9.97 Å². The highest BCUT2D eigenvalue weighted by Gasteiger charge is 2.15. The van der Waals surface area contributed by atoms with E-state index < -0.39 is 0 Å². The van der Waals surface area contributed by atoms with Crippen molar-refractivity contribution >= 4 is 33.0 Å². The van der Waals surface area contributed by atoms with Crippen LogP contribution >= 0.6 is 0 Å². The predicted octanol–water partition coefficient (Wildman–Crippen LogP) is 11.7. The molecule has 0 fully saturated rings. The van der Waals surface area contributed by atoms with Gasteiger partial charge >= 0.3 is 0 Å². The molecule has 0 N–H and O–H groups in total. The number of hydrogen-bond donors (Lipinski definition) is 0. The van der Waals surface area contributed by atoms with Crippen molar-refractivity contribution in [1.29, 1.82) is 0 Å². The molecule has 6 nitrogen and oxygen atoms in total.